The number of morpholine rings is 1. The fourth-order valence-electron chi connectivity index (χ4n) is 3.02. The van der Waals surface area contributed by atoms with Gasteiger partial charge in [0.05, 0.1) is 13.2 Å². The molecule has 148 valence electrons. The Morgan fingerprint density at radius 2 is 1.79 bits per heavy atom. The van der Waals surface area contributed by atoms with Crippen LogP contribution in [0.5, 0.6) is 0 Å². The molecule has 2 aromatic rings. The molecular formula is C21H24ClN3O3. The predicted molar refractivity (Wildman–Crippen MR) is 111 cm³/mol. The van der Waals surface area contributed by atoms with Crippen LogP contribution >= 0.6 is 11.6 Å². The summed E-state index contributed by atoms with van der Waals surface area (Å²) in [4.78, 5) is 26.4. The molecule has 28 heavy (non-hydrogen) atoms. The largest absolute Gasteiger partial charge is 0.378 e. The summed E-state index contributed by atoms with van der Waals surface area (Å²) in [5.41, 5.74) is 3.53. The van der Waals surface area contributed by atoms with E-state index < -0.39 is 11.8 Å². The zero-order valence-electron chi connectivity index (χ0n) is 15.8. The Balaban J connectivity index is 1.45. The SMILES string of the molecule is Cc1c(Cl)cccc1NC(=O)C(=O)NCCc1ccc(N2CCOCC2)cc1. The third kappa shape index (κ3) is 5.24. The van der Waals surface area contributed by atoms with Gasteiger partial charge in [-0.25, -0.2) is 0 Å². The standard InChI is InChI=1S/C21H24ClN3O3/c1-15-18(22)3-2-4-19(15)24-21(27)20(26)23-10-9-16-5-7-17(8-6-16)25-11-13-28-14-12-25/h2-8H,9-14H2,1H3,(H,23,26)(H,24,27). The lowest BCUT2D eigenvalue weighted by Gasteiger charge is -2.28. The average molecular weight is 402 g/mol. The first-order valence-corrected chi connectivity index (χ1v) is 9.68. The number of nitrogens with zero attached hydrogens (tertiary/aromatic N) is 1. The molecule has 1 aliphatic heterocycles. The van der Waals surface area contributed by atoms with Crippen LogP contribution in [-0.2, 0) is 20.7 Å². The van der Waals surface area contributed by atoms with Crippen molar-refractivity contribution < 1.29 is 14.3 Å². The van der Waals surface area contributed by atoms with E-state index in [1.54, 1.807) is 25.1 Å². The van der Waals surface area contributed by atoms with Crippen LogP contribution in [-0.4, -0.2) is 44.7 Å². The van der Waals surface area contributed by atoms with Gasteiger partial charge in [-0.3, -0.25) is 9.59 Å². The molecular weight excluding hydrogens is 378 g/mol. The zero-order valence-corrected chi connectivity index (χ0v) is 16.6. The molecule has 0 aliphatic carbocycles. The number of benzene rings is 2. The Morgan fingerprint density at radius 3 is 2.50 bits per heavy atom. The minimum Gasteiger partial charge on any atom is -0.378 e. The molecule has 1 heterocycles. The quantitative estimate of drug-likeness (QED) is 0.756. The fourth-order valence-corrected chi connectivity index (χ4v) is 3.19. The Morgan fingerprint density at radius 1 is 1.07 bits per heavy atom. The van der Waals surface area contributed by atoms with E-state index in [0.717, 1.165) is 37.4 Å². The molecule has 0 unspecified atom stereocenters. The van der Waals surface area contributed by atoms with Crippen LogP contribution in [0.3, 0.4) is 0 Å². The van der Waals surface area contributed by atoms with Gasteiger partial charge in [0.25, 0.3) is 0 Å². The molecule has 0 saturated carbocycles. The maximum Gasteiger partial charge on any atom is 0.313 e. The number of amides is 2. The van der Waals surface area contributed by atoms with Crippen LogP contribution in [0.1, 0.15) is 11.1 Å². The highest BCUT2D eigenvalue weighted by Crippen LogP contribution is 2.22. The number of rotatable bonds is 5. The summed E-state index contributed by atoms with van der Waals surface area (Å²) >= 11 is 6.03. The monoisotopic (exact) mass is 401 g/mol. The molecule has 0 aromatic heterocycles. The number of hydrogen-bond acceptors (Lipinski definition) is 4. The fraction of sp³-hybridized carbons (Fsp3) is 0.333. The van der Waals surface area contributed by atoms with Gasteiger partial charge in [-0.2, -0.15) is 0 Å². The van der Waals surface area contributed by atoms with Gasteiger partial charge in [0.1, 0.15) is 0 Å². The van der Waals surface area contributed by atoms with E-state index in [-0.39, 0.29) is 0 Å². The number of carbonyl (C=O) groups is 2. The van der Waals surface area contributed by atoms with Crippen molar-refractivity contribution in [3.05, 3.63) is 58.6 Å². The molecule has 0 atom stereocenters. The van der Waals surface area contributed by atoms with Gasteiger partial charge in [0, 0.05) is 36.0 Å². The Labute approximate surface area is 169 Å². The maximum atomic E-state index is 12.1. The summed E-state index contributed by atoms with van der Waals surface area (Å²) in [7, 11) is 0. The van der Waals surface area contributed by atoms with Gasteiger partial charge in [-0.1, -0.05) is 29.8 Å². The molecule has 2 aromatic carbocycles. The molecule has 3 rings (SSSR count). The van der Waals surface area contributed by atoms with Crippen molar-refractivity contribution in [2.75, 3.05) is 43.1 Å². The van der Waals surface area contributed by atoms with Crippen LogP contribution in [0.25, 0.3) is 0 Å². The lowest BCUT2D eigenvalue weighted by atomic mass is 10.1. The number of nitrogens with one attached hydrogen (secondary N) is 2. The summed E-state index contributed by atoms with van der Waals surface area (Å²) in [5.74, 6) is -1.36. The van der Waals surface area contributed by atoms with Gasteiger partial charge < -0.3 is 20.3 Å². The summed E-state index contributed by atoms with van der Waals surface area (Å²) < 4.78 is 5.37. The number of carbonyl (C=O) groups excluding carboxylic acids is 2. The summed E-state index contributed by atoms with van der Waals surface area (Å²) in [6.07, 6.45) is 0.651. The van der Waals surface area contributed by atoms with Gasteiger partial charge in [-0.05, 0) is 48.7 Å². The van der Waals surface area contributed by atoms with E-state index in [1.807, 2.05) is 12.1 Å². The smallest absolute Gasteiger partial charge is 0.313 e. The molecule has 2 amide bonds. The van der Waals surface area contributed by atoms with Crippen LogP contribution in [0.4, 0.5) is 11.4 Å². The molecule has 1 saturated heterocycles. The Hall–Kier alpha value is -2.57. The van der Waals surface area contributed by atoms with Crippen LogP contribution < -0.4 is 15.5 Å². The predicted octanol–water partition coefficient (Wildman–Crippen LogP) is 2.78. The lowest BCUT2D eigenvalue weighted by Crippen LogP contribution is -2.36. The van der Waals surface area contributed by atoms with Crippen molar-refractivity contribution in [1.29, 1.82) is 0 Å². The molecule has 0 radical (unpaired) electrons. The molecule has 6 nitrogen and oxygen atoms in total. The maximum absolute atomic E-state index is 12.1. The van der Waals surface area contributed by atoms with Gasteiger partial charge in [0.2, 0.25) is 0 Å². The minimum atomic E-state index is -0.701. The van der Waals surface area contributed by atoms with E-state index >= 15 is 0 Å². The van der Waals surface area contributed by atoms with Crippen molar-refractivity contribution in [3.8, 4) is 0 Å². The van der Waals surface area contributed by atoms with E-state index in [0.29, 0.717) is 23.7 Å². The molecule has 1 fully saturated rings. The second-order valence-corrected chi connectivity index (χ2v) is 7.05. The van der Waals surface area contributed by atoms with E-state index in [4.69, 9.17) is 16.3 Å². The first-order chi connectivity index (χ1) is 13.5. The molecule has 1 aliphatic rings. The Kier molecular flexibility index (Phi) is 6.90. The molecule has 0 bridgehead atoms. The number of anilines is 2. The van der Waals surface area contributed by atoms with Crippen molar-refractivity contribution in [2.24, 2.45) is 0 Å². The normalized spacial score (nSPS) is 13.9. The average Bonchev–Trinajstić information content (AvgIpc) is 2.72. The first kappa shape index (κ1) is 20.2. The lowest BCUT2D eigenvalue weighted by molar-refractivity contribution is -0.136. The Bertz CT molecular complexity index is 833. The number of hydrogen-bond donors (Lipinski definition) is 2. The van der Waals surface area contributed by atoms with Crippen LogP contribution in [0.15, 0.2) is 42.5 Å². The third-order valence-electron chi connectivity index (χ3n) is 4.73. The number of halogens is 1. The third-order valence-corrected chi connectivity index (χ3v) is 5.14. The summed E-state index contributed by atoms with van der Waals surface area (Å²) in [5, 5.41) is 5.78. The summed E-state index contributed by atoms with van der Waals surface area (Å²) in [6.45, 7) is 5.48. The van der Waals surface area contributed by atoms with Gasteiger partial charge in [-0.15, -0.1) is 0 Å². The summed E-state index contributed by atoms with van der Waals surface area (Å²) in [6, 6.07) is 13.4. The van der Waals surface area contributed by atoms with Crippen molar-refractivity contribution >= 4 is 34.8 Å². The van der Waals surface area contributed by atoms with Crippen molar-refractivity contribution in [3.63, 3.8) is 0 Å². The molecule has 0 spiro atoms. The second kappa shape index (κ2) is 9.57. The van der Waals surface area contributed by atoms with Crippen molar-refractivity contribution in [1.82, 2.24) is 5.32 Å². The minimum absolute atomic E-state index is 0.387. The van der Waals surface area contributed by atoms with E-state index in [9.17, 15) is 9.59 Å². The molecule has 2 N–H and O–H groups in total. The van der Waals surface area contributed by atoms with E-state index in [1.165, 1.54) is 5.69 Å². The topological polar surface area (TPSA) is 70.7 Å². The first-order valence-electron chi connectivity index (χ1n) is 9.30. The second-order valence-electron chi connectivity index (χ2n) is 6.64. The molecule has 7 heteroatoms. The zero-order chi connectivity index (χ0) is 19.9. The van der Waals surface area contributed by atoms with Crippen LogP contribution in [0, 0.1) is 6.92 Å². The van der Waals surface area contributed by atoms with Crippen LogP contribution in [0.2, 0.25) is 5.02 Å². The van der Waals surface area contributed by atoms with E-state index in [2.05, 4.69) is 27.7 Å². The highest BCUT2D eigenvalue weighted by molar-refractivity contribution is 6.40. The van der Waals surface area contributed by atoms with Gasteiger partial charge >= 0.3 is 11.8 Å². The van der Waals surface area contributed by atoms with Crippen molar-refractivity contribution in [2.45, 2.75) is 13.3 Å². The number of ether oxygens (including phenoxy) is 1. The van der Waals surface area contributed by atoms with Gasteiger partial charge in [0.15, 0.2) is 0 Å². The highest BCUT2D eigenvalue weighted by atomic mass is 35.5. The highest BCUT2D eigenvalue weighted by Gasteiger charge is 2.15.